The summed E-state index contributed by atoms with van der Waals surface area (Å²) in [5, 5.41) is 22.3. The van der Waals surface area contributed by atoms with Crippen LogP contribution in [0, 0.1) is 35.7 Å². The molecule has 3 aromatic rings. The van der Waals surface area contributed by atoms with Gasteiger partial charge in [0.2, 0.25) is 5.91 Å². The first-order valence-electron chi connectivity index (χ1n) is 9.11. The van der Waals surface area contributed by atoms with Crippen molar-refractivity contribution >= 4 is 28.9 Å². The Kier molecular flexibility index (Phi) is 6.16. The number of halogens is 2. The van der Waals surface area contributed by atoms with Gasteiger partial charge in [0.05, 0.1) is 41.0 Å². The van der Waals surface area contributed by atoms with Crippen LogP contribution in [0.5, 0.6) is 0 Å². The number of carbonyl (C=O) groups is 1. The maximum Gasteiger partial charge on any atom is 0.306 e. The Morgan fingerprint density at radius 1 is 1.40 bits per heavy atom. The smallest absolute Gasteiger partial charge is 0.306 e. The van der Waals surface area contributed by atoms with E-state index in [0.717, 1.165) is 11.9 Å². The Labute approximate surface area is 176 Å². The summed E-state index contributed by atoms with van der Waals surface area (Å²) in [6, 6.07) is 4.17. The second-order valence-electron chi connectivity index (χ2n) is 7.01. The van der Waals surface area contributed by atoms with Gasteiger partial charge in [0, 0.05) is 5.02 Å². The average molecular weight is 435 g/mol. The van der Waals surface area contributed by atoms with Crippen molar-refractivity contribution in [2.75, 3.05) is 5.32 Å². The summed E-state index contributed by atoms with van der Waals surface area (Å²) in [5.74, 6) is -1.17. The Balaban J connectivity index is 1.71. The molecule has 11 heteroatoms. The zero-order valence-corrected chi connectivity index (χ0v) is 17.4. The topological polar surface area (TPSA) is 108 Å². The van der Waals surface area contributed by atoms with Crippen LogP contribution in [0.25, 0.3) is 0 Å². The monoisotopic (exact) mass is 434 g/mol. The SMILES string of the molecule is Cc1nn(Cc2ccc(F)cc2Cl)c(C)c1NC(=O)C(C)Cn1cc([N+](=O)[O-])cn1. The predicted molar refractivity (Wildman–Crippen MR) is 109 cm³/mol. The quantitative estimate of drug-likeness (QED) is 0.450. The molecule has 0 radical (unpaired) electrons. The second kappa shape index (κ2) is 8.62. The minimum Gasteiger partial charge on any atom is -0.323 e. The van der Waals surface area contributed by atoms with E-state index in [0.29, 0.717) is 28.5 Å². The van der Waals surface area contributed by atoms with Gasteiger partial charge in [0.1, 0.15) is 18.2 Å². The van der Waals surface area contributed by atoms with Crippen molar-refractivity contribution in [2.24, 2.45) is 5.92 Å². The molecule has 1 amide bonds. The summed E-state index contributed by atoms with van der Waals surface area (Å²) < 4.78 is 16.3. The first-order chi connectivity index (χ1) is 14.2. The first kappa shape index (κ1) is 21.4. The number of nitrogens with one attached hydrogen (secondary N) is 1. The normalized spacial score (nSPS) is 12.0. The zero-order valence-electron chi connectivity index (χ0n) is 16.6. The minimum atomic E-state index is -0.539. The molecule has 1 aromatic carbocycles. The van der Waals surface area contributed by atoms with Crippen LogP contribution in [0.2, 0.25) is 5.02 Å². The van der Waals surface area contributed by atoms with Gasteiger partial charge in [-0.25, -0.2) is 4.39 Å². The van der Waals surface area contributed by atoms with E-state index in [1.165, 1.54) is 23.0 Å². The summed E-state index contributed by atoms with van der Waals surface area (Å²) in [4.78, 5) is 22.9. The highest BCUT2D eigenvalue weighted by Crippen LogP contribution is 2.24. The van der Waals surface area contributed by atoms with Gasteiger partial charge in [0.15, 0.2) is 0 Å². The van der Waals surface area contributed by atoms with Crippen molar-refractivity contribution in [1.29, 1.82) is 0 Å². The van der Waals surface area contributed by atoms with Crippen LogP contribution in [0.4, 0.5) is 15.8 Å². The lowest BCUT2D eigenvalue weighted by atomic mass is 10.1. The van der Waals surface area contributed by atoms with Gasteiger partial charge < -0.3 is 5.32 Å². The standard InChI is InChI=1S/C19H20ClFN6O3/c1-11(8-25-10-16(7-22-25)27(29)30)19(28)23-18-12(2)24-26(13(18)3)9-14-4-5-15(21)6-17(14)20/h4-7,10-11H,8-9H2,1-3H3,(H,23,28). The lowest BCUT2D eigenvalue weighted by Gasteiger charge is -2.13. The van der Waals surface area contributed by atoms with E-state index in [1.807, 2.05) is 6.92 Å². The summed E-state index contributed by atoms with van der Waals surface area (Å²) in [7, 11) is 0. The van der Waals surface area contributed by atoms with E-state index in [-0.39, 0.29) is 18.1 Å². The first-order valence-corrected chi connectivity index (χ1v) is 9.49. The Morgan fingerprint density at radius 3 is 2.77 bits per heavy atom. The molecular weight excluding hydrogens is 415 g/mol. The molecule has 0 aliphatic rings. The molecule has 9 nitrogen and oxygen atoms in total. The van der Waals surface area contributed by atoms with E-state index in [1.54, 1.807) is 24.6 Å². The molecule has 2 heterocycles. The summed E-state index contributed by atoms with van der Waals surface area (Å²) in [5.41, 5.74) is 2.51. The molecule has 0 saturated heterocycles. The van der Waals surface area contributed by atoms with E-state index < -0.39 is 16.7 Å². The van der Waals surface area contributed by atoms with Gasteiger partial charge in [-0.2, -0.15) is 10.2 Å². The third-order valence-corrected chi connectivity index (χ3v) is 5.06. The molecule has 0 aliphatic heterocycles. The number of carbonyl (C=O) groups excluding carboxylic acids is 1. The zero-order chi connectivity index (χ0) is 22.0. The number of rotatable bonds is 7. The Hall–Kier alpha value is -3.27. The lowest BCUT2D eigenvalue weighted by Crippen LogP contribution is -2.25. The lowest BCUT2D eigenvalue weighted by molar-refractivity contribution is -0.385. The molecule has 1 atom stereocenters. The van der Waals surface area contributed by atoms with Gasteiger partial charge >= 0.3 is 5.69 Å². The third kappa shape index (κ3) is 4.65. The maximum atomic E-state index is 13.3. The van der Waals surface area contributed by atoms with E-state index >= 15 is 0 Å². The second-order valence-corrected chi connectivity index (χ2v) is 7.41. The molecule has 0 saturated carbocycles. The van der Waals surface area contributed by atoms with Crippen molar-refractivity contribution in [2.45, 2.75) is 33.9 Å². The number of nitro groups is 1. The van der Waals surface area contributed by atoms with Crippen LogP contribution in [-0.4, -0.2) is 30.4 Å². The van der Waals surface area contributed by atoms with Crippen molar-refractivity contribution in [3.05, 3.63) is 68.5 Å². The molecule has 0 bridgehead atoms. The highest BCUT2D eigenvalue weighted by Gasteiger charge is 2.20. The Morgan fingerprint density at radius 2 is 2.13 bits per heavy atom. The van der Waals surface area contributed by atoms with Crippen LogP contribution in [0.15, 0.2) is 30.6 Å². The number of aryl methyl sites for hydroxylation is 1. The number of amides is 1. The fraction of sp³-hybridized carbons (Fsp3) is 0.316. The number of hydrogen-bond donors (Lipinski definition) is 1. The van der Waals surface area contributed by atoms with Crippen molar-refractivity contribution < 1.29 is 14.1 Å². The van der Waals surface area contributed by atoms with Gasteiger partial charge in [-0.05, 0) is 31.5 Å². The predicted octanol–water partition coefficient (Wildman–Crippen LogP) is 3.72. The summed E-state index contributed by atoms with van der Waals surface area (Å²) in [6.45, 7) is 5.81. The van der Waals surface area contributed by atoms with Gasteiger partial charge in [-0.3, -0.25) is 24.3 Å². The van der Waals surface area contributed by atoms with E-state index in [9.17, 15) is 19.3 Å². The van der Waals surface area contributed by atoms with Crippen molar-refractivity contribution in [3.8, 4) is 0 Å². The van der Waals surface area contributed by atoms with Crippen molar-refractivity contribution in [3.63, 3.8) is 0 Å². The van der Waals surface area contributed by atoms with Crippen LogP contribution < -0.4 is 5.32 Å². The molecule has 30 heavy (non-hydrogen) atoms. The van der Waals surface area contributed by atoms with Crippen LogP contribution in [-0.2, 0) is 17.9 Å². The third-order valence-electron chi connectivity index (χ3n) is 4.70. The average Bonchev–Trinajstić information content (AvgIpc) is 3.24. The highest BCUT2D eigenvalue weighted by atomic mass is 35.5. The molecule has 0 spiro atoms. The molecule has 3 rings (SSSR count). The summed E-state index contributed by atoms with van der Waals surface area (Å²) in [6.07, 6.45) is 2.42. The number of anilines is 1. The number of benzene rings is 1. The van der Waals surface area contributed by atoms with E-state index in [4.69, 9.17) is 11.6 Å². The molecule has 0 aliphatic carbocycles. The number of hydrogen-bond acceptors (Lipinski definition) is 5. The van der Waals surface area contributed by atoms with Crippen molar-refractivity contribution in [1.82, 2.24) is 19.6 Å². The maximum absolute atomic E-state index is 13.3. The van der Waals surface area contributed by atoms with Crippen LogP contribution in [0.3, 0.4) is 0 Å². The Bertz CT molecular complexity index is 1110. The molecule has 2 aromatic heterocycles. The number of nitrogens with zero attached hydrogens (tertiary/aromatic N) is 5. The summed E-state index contributed by atoms with van der Waals surface area (Å²) >= 11 is 6.10. The molecule has 1 unspecified atom stereocenters. The molecule has 1 N–H and O–H groups in total. The van der Waals surface area contributed by atoms with Gasteiger partial charge in [-0.15, -0.1) is 0 Å². The number of aromatic nitrogens is 4. The fourth-order valence-electron chi connectivity index (χ4n) is 3.00. The van der Waals surface area contributed by atoms with Crippen LogP contribution in [0.1, 0.15) is 23.9 Å². The molecular formula is C19H20ClFN6O3. The fourth-order valence-corrected chi connectivity index (χ4v) is 3.23. The largest absolute Gasteiger partial charge is 0.323 e. The highest BCUT2D eigenvalue weighted by molar-refractivity contribution is 6.31. The van der Waals surface area contributed by atoms with Gasteiger partial charge in [0.25, 0.3) is 0 Å². The molecule has 158 valence electrons. The van der Waals surface area contributed by atoms with Crippen LogP contribution >= 0.6 is 11.6 Å². The van der Waals surface area contributed by atoms with E-state index in [2.05, 4.69) is 15.5 Å². The van der Waals surface area contributed by atoms with Gasteiger partial charge in [-0.1, -0.05) is 24.6 Å². The molecule has 0 fully saturated rings. The minimum absolute atomic E-state index is 0.130.